The summed E-state index contributed by atoms with van der Waals surface area (Å²) in [6, 6.07) is 68.8. The Kier molecular flexibility index (Phi) is 6.25. The van der Waals surface area contributed by atoms with Crippen molar-refractivity contribution in [3.63, 3.8) is 0 Å². The molecule has 0 amide bonds. The summed E-state index contributed by atoms with van der Waals surface area (Å²) >= 11 is 0. The lowest BCUT2D eigenvalue weighted by Crippen LogP contribution is -1.95. The van der Waals surface area contributed by atoms with Gasteiger partial charge in [-0.3, -0.25) is 0 Å². The van der Waals surface area contributed by atoms with Crippen LogP contribution in [0.2, 0.25) is 0 Å². The maximum atomic E-state index is 2.44. The zero-order valence-corrected chi connectivity index (χ0v) is 26.8. The van der Waals surface area contributed by atoms with E-state index in [1.54, 1.807) is 0 Å². The van der Waals surface area contributed by atoms with E-state index in [1.807, 2.05) is 0 Å². The highest BCUT2D eigenvalue weighted by molar-refractivity contribution is 6.23. The fourth-order valence-electron chi connectivity index (χ4n) is 8.01. The van der Waals surface area contributed by atoms with E-state index < -0.39 is 0 Å². The van der Waals surface area contributed by atoms with Crippen LogP contribution in [0.5, 0.6) is 0 Å². The van der Waals surface area contributed by atoms with Crippen LogP contribution in [0.15, 0.2) is 188 Å². The molecule has 1 nitrogen and oxygen atoms in total. The van der Waals surface area contributed by atoms with Gasteiger partial charge < -0.3 is 4.57 Å². The van der Waals surface area contributed by atoms with Crippen molar-refractivity contribution in [3.05, 3.63) is 188 Å². The Balaban J connectivity index is 1.30. The summed E-state index contributed by atoms with van der Waals surface area (Å²) in [5, 5.41) is 10.1. The van der Waals surface area contributed by atoms with Crippen molar-refractivity contribution in [1.29, 1.82) is 0 Å². The van der Waals surface area contributed by atoms with E-state index in [0.29, 0.717) is 0 Å². The van der Waals surface area contributed by atoms with E-state index >= 15 is 0 Å². The van der Waals surface area contributed by atoms with Crippen molar-refractivity contribution in [2.75, 3.05) is 0 Å². The van der Waals surface area contributed by atoms with Gasteiger partial charge in [-0.25, -0.2) is 0 Å². The molecule has 1 heteroatoms. The van der Waals surface area contributed by atoms with Gasteiger partial charge in [-0.1, -0.05) is 158 Å². The summed E-state index contributed by atoms with van der Waals surface area (Å²) in [6.45, 7) is 0. The highest BCUT2D eigenvalue weighted by Crippen LogP contribution is 2.47. The van der Waals surface area contributed by atoms with Crippen LogP contribution in [0.1, 0.15) is 0 Å². The first-order chi connectivity index (χ1) is 24.3. The third-order valence-corrected chi connectivity index (χ3v) is 10.1. The topological polar surface area (TPSA) is 4.93 Å². The smallest absolute Gasteiger partial charge is 0.0547 e. The van der Waals surface area contributed by atoms with Crippen LogP contribution >= 0.6 is 0 Å². The molecule has 1 aromatic heterocycles. The maximum absolute atomic E-state index is 2.44. The van der Waals surface area contributed by atoms with Crippen molar-refractivity contribution in [3.8, 4) is 39.1 Å². The molecule has 0 saturated heterocycles. The summed E-state index contributed by atoms with van der Waals surface area (Å²) in [6.07, 6.45) is 0. The van der Waals surface area contributed by atoms with E-state index in [-0.39, 0.29) is 0 Å². The van der Waals surface area contributed by atoms with Crippen molar-refractivity contribution in [2.45, 2.75) is 0 Å². The van der Waals surface area contributed by atoms with Crippen LogP contribution in [0.25, 0.3) is 93.2 Å². The highest BCUT2D eigenvalue weighted by atomic mass is 15.0. The van der Waals surface area contributed by atoms with Crippen LogP contribution in [0.4, 0.5) is 0 Å². The van der Waals surface area contributed by atoms with Crippen molar-refractivity contribution >= 4 is 54.1 Å². The molecule has 0 aliphatic carbocycles. The van der Waals surface area contributed by atoms with Gasteiger partial charge in [0.1, 0.15) is 0 Å². The average molecular weight is 622 g/mol. The Morgan fingerprint density at radius 1 is 0.286 bits per heavy atom. The second kappa shape index (κ2) is 11.1. The van der Waals surface area contributed by atoms with Gasteiger partial charge in [-0.05, 0) is 96.0 Å². The molecule has 228 valence electrons. The SMILES string of the molecule is c1ccc(-c2ccccc2-c2c3ccccc3c(-c3ccc4c5cc6ccccc6cc5n(-c5ccccc5)c4c3)c3ccccc23)cc1. The van der Waals surface area contributed by atoms with E-state index in [9.17, 15) is 0 Å². The fourth-order valence-corrected chi connectivity index (χ4v) is 8.01. The highest BCUT2D eigenvalue weighted by Gasteiger charge is 2.20. The van der Waals surface area contributed by atoms with Gasteiger partial charge in [-0.2, -0.15) is 0 Å². The van der Waals surface area contributed by atoms with E-state index in [1.165, 1.54) is 87.5 Å². The molecule has 0 bridgehead atoms. The molecule has 0 saturated carbocycles. The van der Waals surface area contributed by atoms with E-state index in [4.69, 9.17) is 0 Å². The lowest BCUT2D eigenvalue weighted by atomic mass is 9.84. The van der Waals surface area contributed by atoms with Gasteiger partial charge >= 0.3 is 0 Å². The van der Waals surface area contributed by atoms with Crippen LogP contribution in [0.3, 0.4) is 0 Å². The number of hydrogen-bond donors (Lipinski definition) is 0. The molecular weight excluding hydrogens is 591 g/mol. The molecule has 0 aliphatic rings. The minimum atomic E-state index is 1.16. The monoisotopic (exact) mass is 621 g/mol. The summed E-state index contributed by atoms with van der Waals surface area (Å²) in [7, 11) is 0. The standard InChI is InChI=1S/C48H31N/c1-3-15-32(16-4-1)37-21-9-10-22-39(37)48-42-25-13-11-23-40(42)47(41-24-12-14-26-43(41)48)35-27-28-38-44-29-33-17-7-8-18-34(33)30-46(44)49(45(38)31-35)36-19-5-2-6-20-36/h1-31H. The number of para-hydroxylation sites is 1. The van der Waals surface area contributed by atoms with Gasteiger partial charge in [0.25, 0.3) is 0 Å². The first-order valence-electron chi connectivity index (χ1n) is 16.9. The second-order valence-electron chi connectivity index (χ2n) is 12.9. The second-order valence-corrected chi connectivity index (χ2v) is 12.9. The Labute approximate surface area is 284 Å². The van der Waals surface area contributed by atoms with Crippen LogP contribution in [-0.2, 0) is 0 Å². The summed E-state index contributed by atoms with van der Waals surface area (Å²) in [5.41, 5.74) is 11.1. The third kappa shape index (κ3) is 4.33. The van der Waals surface area contributed by atoms with Crippen molar-refractivity contribution in [2.24, 2.45) is 0 Å². The van der Waals surface area contributed by atoms with Crippen LogP contribution < -0.4 is 0 Å². The average Bonchev–Trinajstić information content (AvgIpc) is 3.49. The zero-order chi connectivity index (χ0) is 32.3. The predicted molar refractivity (Wildman–Crippen MR) is 210 cm³/mol. The van der Waals surface area contributed by atoms with Crippen molar-refractivity contribution < 1.29 is 0 Å². The summed E-state index contributed by atoms with van der Waals surface area (Å²) in [5.74, 6) is 0. The number of benzene rings is 9. The Morgan fingerprint density at radius 2 is 0.796 bits per heavy atom. The maximum Gasteiger partial charge on any atom is 0.0547 e. The molecule has 10 rings (SSSR count). The van der Waals surface area contributed by atoms with Crippen LogP contribution in [-0.4, -0.2) is 4.57 Å². The molecule has 10 aromatic rings. The largest absolute Gasteiger partial charge is 0.309 e. The van der Waals surface area contributed by atoms with Gasteiger partial charge in [0.2, 0.25) is 0 Å². The third-order valence-electron chi connectivity index (χ3n) is 10.1. The van der Waals surface area contributed by atoms with Crippen molar-refractivity contribution in [1.82, 2.24) is 4.57 Å². The number of fused-ring (bicyclic) bond motifs is 6. The molecule has 0 radical (unpaired) electrons. The molecule has 1 heterocycles. The first kappa shape index (κ1) is 27.7. The number of rotatable bonds is 4. The quantitative estimate of drug-likeness (QED) is 0.172. The lowest BCUT2D eigenvalue weighted by molar-refractivity contribution is 1.18. The molecule has 49 heavy (non-hydrogen) atoms. The minimum absolute atomic E-state index is 1.16. The van der Waals surface area contributed by atoms with E-state index in [2.05, 4.69) is 193 Å². The molecule has 0 atom stereocenters. The Morgan fingerprint density at radius 3 is 1.47 bits per heavy atom. The lowest BCUT2D eigenvalue weighted by Gasteiger charge is -2.20. The molecular formula is C48H31N. The predicted octanol–water partition coefficient (Wildman–Crippen LogP) is 13.2. The minimum Gasteiger partial charge on any atom is -0.309 e. The summed E-state index contributed by atoms with van der Waals surface area (Å²) < 4.78 is 2.44. The van der Waals surface area contributed by atoms with Gasteiger partial charge in [0.05, 0.1) is 11.0 Å². The molecule has 0 spiro atoms. The van der Waals surface area contributed by atoms with Gasteiger partial charge in [0, 0.05) is 16.5 Å². The van der Waals surface area contributed by atoms with Gasteiger partial charge in [-0.15, -0.1) is 0 Å². The molecule has 0 fully saturated rings. The fraction of sp³-hybridized carbons (Fsp3) is 0. The number of hydrogen-bond acceptors (Lipinski definition) is 0. The van der Waals surface area contributed by atoms with Gasteiger partial charge in [0.15, 0.2) is 0 Å². The zero-order valence-electron chi connectivity index (χ0n) is 26.8. The van der Waals surface area contributed by atoms with E-state index in [0.717, 1.165) is 5.69 Å². The first-order valence-corrected chi connectivity index (χ1v) is 16.9. The number of nitrogens with zero attached hydrogens (tertiary/aromatic N) is 1. The normalized spacial score (nSPS) is 11.7. The summed E-state index contributed by atoms with van der Waals surface area (Å²) in [4.78, 5) is 0. The molecule has 9 aromatic carbocycles. The Hall–Kier alpha value is -6.44. The molecule has 0 unspecified atom stereocenters. The molecule has 0 N–H and O–H groups in total. The number of aromatic nitrogens is 1. The molecule has 0 aliphatic heterocycles. The van der Waals surface area contributed by atoms with Crippen LogP contribution in [0, 0.1) is 0 Å². The Bertz CT molecular complexity index is 2800.